The molecule has 0 atom stereocenters. The van der Waals surface area contributed by atoms with Crippen LogP contribution in [0.5, 0.6) is 0 Å². The summed E-state index contributed by atoms with van der Waals surface area (Å²) in [7, 11) is -0.486. The Hall–Kier alpha value is -6.11. The summed E-state index contributed by atoms with van der Waals surface area (Å²) in [6, 6.07) is 20.0. The van der Waals surface area contributed by atoms with Crippen LogP contribution in [-0.2, 0) is 9.31 Å². The molecule has 4 N–H and O–H groups in total. The number of aromatic nitrogens is 6. The molecule has 1 fully saturated rings. The monoisotopic (exact) mass is 952 g/mol. The van der Waals surface area contributed by atoms with Crippen molar-refractivity contribution in [1.82, 2.24) is 30.2 Å². The fourth-order valence-corrected chi connectivity index (χ4v) is 7.91. The maximum absolute atomic E-state index is 13.2. The quantitative estimate of drug-likeness (QED) is 0.0944. The van der Waals surface area contributed by atoms with Gasteiger partial charge in [0.25, 0.3) is 0 Å². The fourth-order valence-electron chi connectivity index (χ4n) is 7.15. The number of imidazole rings is 2. The summed E-state index contributed by atoms with van der Waals surface area (Å²) >= 11 is 2.20. The largest absolute Gasteiger partial charge is 0.494 e. The summed E-state index contributed by atoms with van der Waals surface area (Å²) in [5, 5.41) is 7.95. The predicted molar refractivity (Wildman–Crippen MR) is 247 cm³/mol. The standard InChI is InChI=1S/C20H16FN3O2.C14H18BFO2.C12H10IN3O2/c1-10(13-4-6-15(21)7-5-13)16-8-14(18-11(2)24-26-12(18)3)9-17-19(16)23-20(25)22-17;1-10(11-6-8-12(16)9-7-11)15-17-13(2,3)14(4,5)18-15;1-5-10(6(2)18-16-5)7-3-8(13)11-9(4-7)14-12(17)15-11/h4-9H,1H2,2-3H3,(H2,22,23,25);6-9H,1H2,2-5H3;3-4H,1-2H3,(H2,14,15,17). The van der Waals surface area contributed by atoms with Crippen LogP contribution in [-0.4, -0.2) is 48.6 Å². The Labute approximate surface area is 369 Å². The normalized spacial score (nSPS) is 14.1. The van der Waals surface area contributed by atoms with Gasteiger partial charge in [-0.15, -0.1) is 0 Å². The van der Waals surface area contributed by atoms with E-state index in [0.29, 0.717) is 27.8 Å². The van der Waals surface area contributed by atoms with Crippen LogP contribution in [0.2, 0.25) is 0 Å². The van der Waals surface area contributed by atoms with Crippen molar-refractivity contribution in [3.63, 3.8) is 0 Å². The maximum Gasteiger partial charge on any atom is 0.494 e. The summed E-state index contributed by atoms with van der Waals surface area (Å²) in [6.07, 6.45) is 0. The third-order valence-corrected chi connectivity index (χ3v) is 12.0. The second kappa shape index (κ2) is 17.0. The number of aryl methyl sites for hydroxylation is 4. The number of fused-ring (bicyclic) bond motifs is 2. The van der Waals surface area contributed by atoms with E-state index < -0.39 is 7.12 Å². The van der Waals surface area contributed by atoms with Crippen LogP contribution in [0.25, 0.3) is 55.4 Å². The van der Waals surface area contributed by atoms with Crippen LogP contribution < -0.4 is 11.4 Å². The summed E-state index contributed by atoms with van der Waals surface area (Å²) < 4.78 is 49.3. The van der Waals surface area contributed by atoms with Crippen molar-refractivity contribution in [1.29, 1.82) is 0 Å². The molecular formula is C46H44BF2IN6O6. The van der Waals surface area contributed by atoms with Crippen molar-refractivity contribution >= 4 is 62.8 Å². The maximum atomic E-state index is 13.2. The van der Waals surface area contributed by atoms with Gasteiger partial charge in [0.1, 0.15) is 23.2 Å². The summed E-state index contributed by atoms with van der Waals surface area (Å²) in [5.41, 5.74) is 10.7. The number of benzene rings is 4. The minimum absolute atomic E-state index is 0.196. The van der Waals surface area contributed by atoms with Crippen LogP contribution in [0.4, 0.5) is 8.78 Å². The molecule has 12 nitrogen and oxygen atoms in total. The molecule has 0 unspecified atom stereocenters. The lowest BCUT2D eigenvalue weighted by Crippen LogP contribution is -2.41. The number of hydrogen-bond donors (Lipinski definition) is 4. The third-order valence-electron chi connectivity index (χ3n) is 11.1. The second-order valence-electron chi connectivity index (χ2n) is 16.0. The van der Waals surface area contributed by atoms with Crippen molar-refractivity contribution in [2.45, 2.75) is 66.6 Å². The highest BCUT2D eigenvalue weighted by molar-refractivity contribution is 14.1. The van der Waals surface area contributed by atoms with Crippen molar-refractivity contribution in [3.8, 4) is 22.3 Å². The van der Waals surface area contributed by atoms with Crippen LogP contribution in [0.15, 0.2) is 105 Å². The molecule has 5 heterocycles. The van der Waals surface area contributed by atoms with E-state index >= 15 is 0 Å². The van der Waals surface area contributed by atoms with Gasteiger partial charge in [-0.1, -0.05) is 47.7 Å². The van der Waals surface area contributed by atoms with E-state index in [2.05, 4.69) is 66.0 Å². The number of hydrogen-bond acceptors (Lipinski definition) is 8. The first-order chi connectivity index (χ1) is 29.2. The first kappa shape index (κ1) is 44.0. The Morgan fingerprint density at radius 1 is 0.645 bits per heavy atom. The van der Waals surface area contributed by atoms with Crippen LogP contribution in [0, 0.1) is 42.9 Å². The zero-order valence-electron chi connectivity index (χ0n) is 35.4. The van der Waals surface area contributed by atoms with E-state index in [-0.39, 0.29) is 34.2 Å². The molecule has 0 saturated carbocycles. The molecule has 9 rings (SSSR count). The van der Waals surface area contributed by atoms with E-state index in [1.807, 2.05) is 79.7 Å². The van der Waals surface area contributed by atoms with Gasteiger partial charge in [0.15, 0.2) is 0 Å². The van der Waals surface area contributed by atoms with Gasteiger partial charge in [0, 0.05) is 20.3 Å². The molecule has 318 valence electrons. The molecule has 1 aliphatic heterocycles. The lowest BCUT2D eigenvalue weighted by molar-refractivity contribution is 0.00578. The Balaban J connectivity index is 0.000000144. The van der Waals surface area contributed by atoms with Gasteiger partial charge in [-0.3, -0.25) is 0 Å². The molecule has 0 aliphatic carbocycles. The fraction of sp³-hybridized carbons (Fsp3) is 0.217. The van der Waals surface area contributed by atoms with E-state index in [0.717, 1.165) is 70.7 Å². The predicted octanol–water partition coefficient (Wildman–Crippen LogP) is 10.5. The smallest absolute Gasteiger partial charge is 0.399 e. The van der Waals surface area contributed by atoms with Gasteiger partial charge in [-0.05, 0) is 160 Å². The van der Waals surface area contributed by atoms with Crippen LogP contribution >= 0.6 is 22.6 Å². The molecule has 1 aliphatic rings. The molecule has 1 saturated heterocycles. The van der Waals surface area contributed by atoms with E-state index in [1.165, 1.54) is 24.3 Å². The first-order valence-electron chi connectivity index (χ1n) is 19.5. The highest BCUT2D eigenvalue weighted by Crippen LogP contribution is 2.40. The lowest BCUT2D eigenvalue weighted by atomic mass is 9.75. The highest BCUT2D eigenvalue weighted by Gasteiger charge is 2.52. The van der Waals surface area contributed by atoms with Crippen LogP contribution in [0.1, 0.15) is 67.3 Å². The molecule has 62 heavy (non-hydrogen) atoms. The molecule has 8 aromatic rings. The van der Waals surface area contributed by atoms with Gasteiger partial charge >= 0.3 is 18.5 Å². The van der Waals surface area contributed by atoms with Crippen molar-refractivity contribution < 1.29 is 27.1 Å². The van der Waals surface area contributed by atoms with Gasteiger partial charge < -0.3 is 38.3 Å². The summed E-state index contributed by atoms with van der Waals surface area (Å²) in [6.45, 7) is 23.6. The van der Waals surface area contributed by atoms with Gasteiger partial charge in [0.05, 0.1) is 44.7 Å². The molecule has 0 radical (unpaired) electrons. The van der Waals surface area contributed by atoms with Crippen molar-refractivity contribution in [2.75, 3.05) is 0 Å². The average Bonchev–Trinajstić information content (AvgIpc) is 4.01. The topological polar surface area (TPSA) is 168 Å². The zero-order chi connectivity index (χ0) is 44.8. The van der Waals surface area contributed by atoms with Gasteiger partial charge in [-0.2, -0.15) is 0 Å². The van der Waals surface area contributed by atoms with Gasteiger partial charge in [-0.25, -0.2) is 18.4 Å². The minimum atomic E-state index is -0.486. The number of halogens is 3. The Bertz CT molecular complexity index is 3050. The number of H-pyrrole nitrogens is 4. The molecular weight excluding hydrogens is 908 g/mol. The van der Waals surface area contributed by atoms with E-state index in [4.69, 9.17) is 18.4 Å². The average molecular weight is 953 g/mol. The Morgan fingerprint density at radius 2 is 1.08 bits per heavy atom. The second-order valence-corrected chi connectivity index (χ2v) is 17.2. The molecule has 4 aromatic heterocycles. The molecule has 4 aromatic carbocycles. The first-order valence-corrected chi connectivity index (χ1v) is 20.6. The van der Waals surface area contributed by atoms with Crippen molar-refractivity contribution in [3.05, 3.63) is 162 Å². The molecule has 0 bridgehead atoms. The van der Waals surface area contributed by atoms with E-state index in [1.54, 1.807) is 24.3 Å². The number of nitrogens with one attached hydrogen (secondary N) is 4. The number of aromatic amines is 4. The zero-order valence-corrected chi connectivity index (χ0v) is 37.6. The SMILES string of the molecule is C=C(B1OC(C)(C)C(C)(C)O1)c1ccc(F)cc1.C=C(c1ccc(F)cc1)c1cc(-c2c(C)noc2C)cc2[nH]c(=O)[nH]c12.Cc1noc(C)c1-c1cc(I)c2[nH]c(=O)[nH]c2c1. The third kappa shape index (κ3) is 8.80. The molecule has 16 heteroatoms. The van der Waals surface area contributed by atoms with Gasteiger partial charge in [0.2, 0.25) is 0 Å². The molecule has 0 amide bonds. The number of nitrogens with zero attached hydrogens (tertiary/aromatic N) is 2. The Morgan fingerprint density at radius 3 is 1.55 bits per heavy atom. The number of rotatable bonds is 6. The minimum Gasteiger partial charge on any atom is -0.399 e. The van der Waals surface area contributed by atoms with Crippen LogP contribution in [0.3, 0.4) is 0 Å². The van der Waals surface area contributed by atoms with E-state index in [9.17, 15) is 18.4 Å². The summed E-state index contributed by atoms with van der Waals surface area (Å²) in [5.74, 6) is 0.894. The summed E-state index contributed by atoms with van der Waals surface area (Å²) in [4.78, 5) is 34.3. The molecule has 0 spiro atoms. The Kier molecular flexibility index (Phi) is 12.0. The van der Waals surface area contributed by atoms with Crippen molar-refractivity contribution in [2.24, 2.45) is 0 Å². The highest BCUT2D eigenvalue weighted by atomic mass is 127. The lowest BCUT2D eigenvalue weighted by Gasteiger charge is -2.32.